The van der Waals surface area contributed by atoms with Gasteiger partial charge in [0.1, 0.15) is 23.6 Å². The number of amides is 1. The largest absolute Gasteiger partial charge is 0.497 e. The number of carbonyl (C=O) groups excluding carboxylic acids is 1. The summed E-state index contributed by atoms with van der Waals surface area (Å²) in [6.07, 6.45) is 0. The lowest BCUT2D eigenvalue weighted by molar-refractivity contribution is -0.885. The molecule has 2 aromatic heterocycles. The van der Waals surface area contributed by atoms with Crippen molar-refractivity contribution in [2.24, 2.45) is 0 Å². The third-order valence-corrected chi connectivity index (χ3v) is 4.25. The van der Waals surface area contributed by atoms with Crippen molar-refractivity contribution in [2.75, 3.05) is 26.0 Å². The van der Waals surface area contributed by atoms with E-state index in [4.69, 9.17) is 4.74 Å². The smallest absolute Gasteiger partial charge is 0.279 e. The van der Waals surface area contributed by atoms with Gasteiger partial charge in [0.05, 0.1) is 14.2 Å². The van der Waals surface area contributed by atoms with Crippen LogP contribution in [0, 0.1) is 6.92 Å². The fraction of sp³-hybridized carbons (Fsp3) is 0.250. The number of benzene rings is 1. The Bertz CT molecular complexity index is 1010. The van der Waals surface area contributed by atoms with Gasteiger partial charge in [-0.3, -0.25) is 14.0 Å². The van der Waals surface area contributed by atoms with Crippen molar-refractivity contribution in [2.45, 2.75) is 13.5 Å². The van der Waals surface area contributed by atoms with Crippen LogP contribution in [-0.4, -0.2) is 36.0 Å². The molecule has 1 amide bonds. The fourth-order valence-electron chi connectivity index (χ4n) is 2.98. The van der Waals surface area contributed by atoms with Crippen LogP contribution < -0.4 is 20.5 Å². The highest BCUT2D eigenvalue weighted by Gasteiger charge is 2.13. The second-order valence-electron chi connectivity index (χ2n) is 6.53. The number of anilines is 1. The van der Waals surface area contributed by atoms with Crippen LogP contribution in [-0.2, 0) is 11.3 Å². The summed E-state index contributed by atoms with van der Waals surface area (Å²) in [5, 5.41) is 2.86. The minimum atomic E-state index is -0.108. The SMILES string of the molecule is COc1ccc(NC(=O)C[NH+](C)Cc2cc(=O)n3c(C)cccc3n2)cc1. The Morgan fingerprint density at radius 1 is 1.22 bits per heavy atom. The van der Waals surface area contributed by atoms with E-state index in [1.54, 1.807) is 35.8 Å². The van der Waals surface area contributed by atoms with Crippen molar-refractivity contribution in [1.29, 1.82) is 0 Å². The molecule has 1 atom stereocenters. The third-order valence-electron chi connectivity index (χ3n) is 4.25. The maximum absolute atomic E-state index is 12.3. The van der Waals surface area contributed by atoms with E-state index in [-0.39, 0.29) is 18.0 Å². The van der Waals surface area contributed by atoms with Crippen LogP contribution in [0.5, 0.6) is 5.75 Å². The van der Waals surface area contributed by atoms with Crippen molar-refractivity contribution in [1.82, 2.24) is 9.38 Å². The zero-order valence-electron chi connectivity index (χ0n) is 15.7. The van der Waals surface area contributed by atoms with Crippen LogP contribution in [0.3, 0.4) is 0 Å². The number of aromatic nitrogens is 2. The number of aryl methyl sites for hydroxylation is 1. The van der Waals surface area contributed by atoms with Crippen molar-refractivity contribution < 1.29 is 14.4 Å². The number of nitrogens with one attached hydrogen (secondary N) is 2. The van der Waals surface area contributed by atoms with Gasteiger partial charge >= 0.3 is 0 Å². The molecule has 7 heteroatoms. The van der Waals surface area contributed by atoms with Gasteiger partial charge in [0.25, 0.3) is 11.5 Å². The first kappa shape index (κ1) is 18.6. The number of rotatable bonds is 6. The summed E-state index contributed by atoms with van der Waals surface area (Å²) in [5.74, 6) is 0.630. The number of carbonyl (C=O) groups is 1. The quantitative estimate of drug-likeness (QED) is 0.671. The van der Waals surface area contributed by atoms with Gasteiger partial charge < -0.3 is 15.0 Å². The first-order valence-corrected chi connectivity index (χ1v) is 8.70. The number of hydrogen-bond donors (Lipinski definition) is 2. The van der Waals surface area contributed by atoms with Crippen LogP contribution in [0.2, 0.25) is 0 Å². The molecule has 0 spiro atoms. The highest BCUT2D eigenvalue weighted by molar-refractivity contribution is 5.91. The van der Waals surface area contributed by atoms with Crippen molar-refractivity contribution in [3.63, 3.8) is 0 Å². The van der Waals surface area contributed by atoms with Gasteiger partial charge in [-0.1, -0.05) is 6.07 Å². The zero-order chi connectivity index (χ0) is 19.4. The Morgan fingerprint density at radius 2 is 1.96 bits per heavy atom. The summed E-state index contributed by atoms with van der Waals surface area (Å²) in [6, 6.07) is 14.3. The molecule has 1 unspecified atom stereocenters. The predicted molar refractivity (Wildman–Crippen MR) is 103 cm³/mol. The van der Waals surface area contributed by atoms with E-state index in [0.29, 0.717) is 23.6 Å². The van der Waals surface area contributed by atoms with E-state index in [1.807, 2.05) is 32.2 Å². The number of nitrogens with zero attached hydrogens (tertiary/aromatic N) is 2. The van der Waals surface area contributed by atoms with Crippen LogP contribution in [0.1, 0.15) is 11.4 Å². The molecule has 140 valence electrons. The molecule has 0 aliphatic heterocycles. The van der Waals surface area contributed by atoms with Gasteiger partial charge in [-0.25, -0.2) is 4.98 Å². The summed E-state index contributed by atoms with van der Waals surface area (Å²) >= 11 is 0. The van der Waals surface area contributed by atoms with E-state index in [0.717, 1.165) is 16.3 Å². The van der Waals surface area contributed by atoms with Crippen molar-refractivity contribution >= 4 is 17.2 Å². The van der Waals surface area contributed by atoms with Gasteiger partial charge in [-0.15, -0.1) is 0 Å². The molecule has 27 heavy (non-hydrogen) atoms. The molecule has 0 aliphatic carbocycles. The minimum absolute atomic E-state index is 0.106. The number of fused-ring (bicyclic) bond motifs is 1. The number of methoxy groups -OCH3 is 1. The van der Waals surface area contributed by atoms with Gasteiger partial charge in [0, 0.05) is 17.4 Å². The van der Waals surface area contributed by atoms with Gasteiger partial charge in [0.15, 0.2) is 6.54 Å². The van der Waals surface area contributed by atoms with E-state index in [1.165, 1.54) is 6.07 Å². The molecule has 7 nitrogen and oxygen atoms in total. The van der Waals surface area contributed by atoms with E-state index >= 15 is 0 Å². The summed E-state index contributed by atoms with van der Waals surface area (Å²) in [7, 11) is 3.49. The molecule has 2 N–H and O–H groups in total. The topological polar surface area (TPSA) is 77.1 Å². The van der Waals surface area contributed by atoms with E-state index < -0.39 is 0 Å². The Kier molecular flexibility index (Phi) is 5.52. The lowest BCUT2D eigenvalue weighted by Crippen LogP contribution is -3.08. The average Bonchev–Trinajstić information content (AvgIpc) is 2.61. The van der Waals surface area contributed by atoms with Gasteiger partial charge in [-0.2, -0.15) is 0 Å². The number of quaternary nitrogens is 1. The van der Waals surface area contributed by atoms with Crippen LogP contribution in [0.25, 0.3) is 5.65 Å². The standard InChI is InChI=1S/C20H22N4O3/c1-14-5-4-6-18-21-16(11-20(26)24(14)18)12-23(2)13-19(25)22-15-7-9-17(27-3)10-8-15/h4-11H,12-13H2,1-3H3,(H,22,25)/p+1. The molecular weight excluding hydrogens is 344 g/mol. The summed E-state index contributed by atoms with van der Waals surface area (Å²) in [5.41, 5.74) is 2.74. The molecule has 3 rings (SSSR count). The summed E-state index contributed by atoms with van der Waals surface area (Å²) < 4.78 is 6.68. The maximum Gasteiger partial charge on any atom is 0.279 e. The molecule has 0 saturated carbocycles. The summed E-state index contributed by atoms with van der Waals surface area (Å²) in [4.78, 5) is 30.1. The molecule has 0 fully saturated rings. The second kappa shape index (κ2) is 8.01. The molecule has 0 bridgehead atoms. The number of ether oxygens (including phenoxy) is 1. The second-order valence-corrected chi connectivity index (χ2v) is 6.53. The fourth-order valence-corrected chi connectivity index (χ4v) is 2.98. The predicted octanol–water partition coefficient (Wildman–Crippen LogP) is 0.665. The van der Waals surface area contributed by atoms with Gasteiger partial charge in [-0.05, 0) is 43.3 Å². The van der Waals surface area contributed by atoms with E-state index in [2.05, 4.69) is 10.3 Å². The lowest BCUT2D eigenvalue weighted by Gasteiger charge is -2.14. The monoisotopic (exact) mass is 367 g/mol. The van der Waals surface area contributed by atoms with Crippen LogP contribution in [0.4, 0.5) is 5.69 Å². The molecule has 1 aromatic carbocycles. The van der Waals surface area contributed by atoms with Crippen LogP contribution >= 0.6 is 0 Å². The number of likely N-dealkylation sites (N-methyl/N-ethyl adjacent to an activating group) is 1. The molecule has 0 aliphatic rings. The normalized spacial score (nSPS) is 12.0. The minimum Gasteiger partial charge on any atom is -0.497 e. The first-order chi connectivity index (χ1) is 13.0. The molecule has 0 saturated heterocycles. The highest BCUT2D eigenvalue weighted by Crippen LogP contribution is 2.14. The Morgan fingerprint density at radius 3 is 2.67 bits per heavy atom. The van der Waals surface area contributed by atoms with E-state index in [9.17, 15) is 9.59 Å². The molecule has 3 aromatic rings. The van der Waals surface area contributed by atoms with Gasteiger partial charge in [0.2, 0.25) is 0 Å². The maximum atomic E-state index is 12.3. The van der Waals surface area contributed by atoms with Crippen LogP contribution in [0.15, 0.2) is 53.3 Å². The third kappa shape index (κ3) is 4.51. The Hall–Kier alpha value is -3.19. The summed E-state index contributed by atoms with van der Waals surface area (Å²) in [6.45, 7) is 2.62. The molecule has 0 radical (unpaired) electrons. The Labute approximate surface area is 157 Å². The first-order valence-electron chi connectivity index (χ1n) is 8.70. The average molecular weight is 367 g/mol. The number of pyridine rings is 1. The lowest BCUT2D eigenvalue weighted by atomic mass is 10.3. The van der Waals surface area contributed by atoms with Crippen molar-refractivity contribution in [3.8, 4) is 5.75 Å². The Balaban J connectivity index is 1.64. The highest BCUT2D eigenvalue weighted by atomic mass is 16.5. The number of hydrogen-bond acceptors (Lipinski definition) is 4. The zero-order valence-corrected chi connectivity index (χ0v) is 15.7. The molecular formula is C20H23N4O3+. The molecule has 2 heterocycles. The van der Waals surface area contributed by atoms with Crippen molar-refractivity contribution in [3.05, 3.63) is 70.3 Å².